The smallest absolute Gasteiger partial charge is 0.116 e. The maximum absolute atomic E-state index is 4.43. The van der Waals surface area contributed by atoms with Gasteiger partial charge < -0.3 is 4.57 Å². The van der Waals surface area contributed by atoms with Crippen molar-refractivity contribution in [1.82, 2.24) is 14.5 Å². The van der Waals surface area contributed by atoms with E-state index >= 15 is 0 Å². The van der Waals surface area contributed by atoms with Gasteiger partial charge in [-0.1, -0.05) is 30.3 Å². The molecule has 3 heteroatoms. The van der Waals surface area contributed by atoms with E-state index in [0.717, 1.165) is 10.9 Å². The lowest BCUT2D eigenvalue weighted by molar-refractivity contribution is 1.02. The fraction of sp³-hybridized carbons (Fsp3) is 0.0667. The molecule has 2 aromatic heterocycles. The topological polar surface area (TPSA) is 30.7 Å². The maximum atomic E-state index is 4.43. The van der Waals surface area contributed by atoms with Gasteiger partial charge in [-0.3, -0.25) is 0 Å². The van der Waals surface area contributed by atoms with Gasteiger partial charge in [0.25, 0.3) is 0 Å². The Labute approximate surface area is 104 Å². The number of nitrogens with zero attached hydrogens (tertiary/aromatic N) is 3. The summed E-state index contributed by atoms with van der Waals surface area (Å²) in [5, 5.41) is 3.60. The van der Waals surface area contributed by atoms with Gasteiger partial charge in [-0.2, -0.15) is 0 Å². The van der Waals surface area contributed by atoms with E-state index in [4.69, 9.17) is 0 Å². The highest BCUT2D eigenvalue weighted by Gasteiger charge is 2.10. The maximum Gasteiger partial charge on any atom is 0.116 e. The molecule has 86 valence electrons. The summed E-state index contributed by atoms with van der Waals surface area (Å²) in [6.07, 6.45) is 3.47. The van der Waals surface area contributed by atoms with Gasteiger partial charge in [0.15, 0.2) is 0 Å². The van der Waals surface area contributed by atoms with Crippen molar-refractivity contribution in [2.45, 2.75) is 0 Å². The molecule has 0 aliphatic carbocycles. The Balaban J connectivity index is 2.39. The van der Waals surface area contributed by atoms with Gasteiger partial charge in [-0.25, -0.2) is 9.97 Å². The number of fused-ring (bicyclic) bond motifs is 5. The number of benzene rings is 2. The summed E-state index contributed by atoms with van der Waals surface area (Å²) >= 11 is 0. The van der Waals surface area contributed by atoms with Gasteiger partial charge >= 0.3 is 0 Å². The van der Waals surface area contributed by atoms with Crippen molar-refractivity contribution < 1.29 is 0 Å². The Morgan fingerprint density at radius 2 is 1.89 bits per heavy atom. The number of hydrogen-bond donors (Lipinski definition) is 0. The van der Waals surface area contributed by atoms with Crippen LogP contribution in [0.5, 0.6) is 0 Å². The molecule has 4 aromatic rings. The lowest BCUT2D eigenvalue weighted by atomic mass is 10.1. The van der Waals surface area contributed by atoms with E-state index in [0.29, 0.717) is 0 Å². The van der Waals surface area contributed by atoms with Crippen molar-refractivity contribution in [3.8, 4) is 0 Å². The lowest BCUT2D eigenvalue weighted by Crippen LogP contribution is -1.89. The normalized spacial score (nSPS) is 11.6. The molecule has 0 bridgehead atoms. The number of rotatable bonds is 0. The highest BCUT2D eigenvalue weighted by atomic mass is 15.0. The Bertz CT molecular complexity index is 890. The van der Waals surface area contributed by atoms with Gasteiger partial charge in [-0.15, -0.1) is 0 Å². The zero-order chi connectivity index (χ0) is 12.1. The largest absolute Gasteiger partial charge is 0.342 e. The summed E-state index contributed by atoms with van der Waals surface area (Å²) in [6.45, 7) is 0. The van der Waals surface area contributed by atoms with Crippen LogP contribution in [0.4, 0.5) is 0 Å². The van der Waals surface area contributed by atoms with Gasteiger partial charge in [0, 0.05) is 34.9 Å². The van der Waals surface area contributed by atoms with Crippen molar-refractivity contribution in [3.63, 3.8) is 0 Å². The van der Waals surface area contributed by atoms with Crippen molar-refractivity contribution in [1.29, 1.82) is 0 Å². The monoisotopic (exact) mass is 233 g/mol. The van der Waals surface area contributed by atoms with Gasteiger partial charge in [0.05, 0.1) is 11.0 Å². The van der Waals surface area contributed by atoms with Crippen LogP contribution >= 0.6 is 0 Å². The summed E-state index contributed by atoms with van der Waals surface area (Å²) in [6, 6.07) is 12.7. The predicted molar refractivity (Wildman–Crippen MR) is 73.5 cm³/mol. The van der Waals surface area contributed by atoms with E-state index in [2.05, 4.69) is 58.0 Å². The van der Waals surface area contributed by atoms with E-state index in [9.17, 15) is 0 Å². The Morgan fingerprint density at radius 1 is 1.00 bits per heavy atom. The van der Waals surface area contributed by atoms with Crippen molar-refractivity contribution in [2.24, 2.45) is 7.05 Å². The fourth-order valence-electron chi connectivity index (χ4n) is 2.71. The molecule has 0 spiro atoms. The molecular formula is C15H11N3. The van der Waals surface area contributed by atoms with Crippen molar-refractivity contribution >= 4 is 32.7 Å². The van der Waals surface area contributed by atoms with Crippen LogP contribution in [0.15, 0.2) is 48.9 Å². The first-order valence-corrected chi connectivity index (χ1v) is 5.92. The van der Waals surface area contributed by atoms with Crippen LogP contribution in [0.1, 0.15) is 0 Å². The SMILES string of the molecule is Cn1c2ccccc2c2ccc3cncnc3c21. The molecule has 0 amide bonds. The second-order valence-electron chi connectivity index (χ2n) is 4.50. The molecule has 0 unspecified atom stereocenters. The molecule has 2 heterocycles. The average molecular weight is 233 g/mol. The summed E-state index contributed by atoms with van der Waals surface area (Å²) in [4.78, 5) is 8.52. The van der Waals surface area contributed by atoms with Gasteiger partial charge in [-0.05, 0) is 6.07 Å². The van der Waals surface area contributed by atoms with Crippen LogP contribution in [0, 0.1) is 0 Å². The van der Waals surface area contributed by atoms with Crippen LogP contribution in [0.2, 0.25) is 0 Å². The Hall–Kier alpha value is -2.42. The zero-order valence-corrected chi connectivity index (χ0v) is 9.96. The quantitative estimate of drug-likeness (QED) is 0.466. The third kappa shape index (κ3) is 1.08. The standard InChI is InChI=1S/C15H11N3/c1-18-13-5-3-2-4-11(13)12-7-6-10-8-16-9-17-14(10)15(12)18/h2-9H,1H3. The molecule has 0 aliphatic rings. The third-order valence-electron chi connectivity index (χ3n) is 3.54. The number of aromatic nitrogens is 3. The van der Waals surface area contributed by atoms with E-state index in [1.165, 1.54) is 21.8 Å². The zero-order valence-electron chi connectivity index (χ0n) is 9.96. The van der Waals surface area contributed by atoms with Crippen LogP contribution < -0.4 is 0 Å². The molecule has 0 saturated carbocycles. The molecule has 0 saturated heterocycles. The van der Waals surface area contributed by atoms with E-state index in [-0.39, 0.29) is 0 Å². The molecular weight excluding hydrogens is 222 g/mol. The highest BCUT2D eigenvalue weighted by Crippen LogP contribution is 2.31. The second kappa shape index (κ2) is 3.29. The fourth-order valence-corrected chi connectivity index (χ4v) is 2.71. The molecule has 4 rings (SSSR count). The first kappa shape index (κ1) is 9.59. The van der Waals surface area contributed by atoms with Crippen LogP contribution in [-0.2, 0) is 7.05 Å². The van der Waals surface area contributed by atoms with Gasteiger partial charge in [0.1, 0.15) is 6.33 Å². The Kier molecular flexibility index (Phi) is 1.75. The van der Waals surface area contributed by atoms with E-state index < -0.39 is 0 Å². The van der Waals surface area contributed by atoms with Crippen LogP contribution in [-0.4, -0.2) is 14.5 Å². The molecule has 0 N–H and O–H groups in total. The van der Waals surface area contributed by atoms with Crippen LogP contribution in [0.25, 0.3) is 32.7 Å². The third-order valence-corrected chi connectivity index (χ3v) is 3.54. The number of aryl methyl sites for hydroxylation is 1. The van der Waals surface area contributed by atoms with Crippen LogP contribution in [0.3, 0.4) is 0 Å². The van der Waals surface area contributed by atoms with E-state index in [1.54, 1.807) is 6.33 Å². The summed E-state index contributed by atoms with van der Waals surface area (Å²) in [5.74, 6) is 0. The molecule has 3 nitrogen and oxygen atoms in total. The average Bonchev–Trinajstić information content (AvgIpc) is 2.73. The van der Waals surface area contributed by atoms with Crippen molar-refractivity contribution in [2.75, 3.05) is 0 Å². The minimum absolute atomic E-state index is 1.02. The molecule has 0 atom stereocenters. The van der Waals surface area contributed by atoms with Crippen molar-refractivity contribution in [3.05, 3.63) is 48.9 Å². The molecule has 2 aromatic carbocycles. The molecule has 0 aliphatic heterocycles. The predicted octanol–water partition coefficient (Wildman–Crippen LogP) is 3.27. The molecule has 18 heavy (non-hydrogen) atoms. The first-order valence-electron chi connectivity index (χ1n) is 5.92. The highest BCUT2D eigenvalue weighted by molar-refractivity contribution is 6.16. The number of para-hydroxylation sites is 1. The molecule has 0 fully saturated rings. The lowest BCUT2D eigenvalue weighted by Gasteiger charge is -2.01. The second-order valence-corrected chi connectivity index (χ2v) is 4.50. The number of hydrogen-bond acceptors (Lipinski definition) is 2. The molecule has 0 radical (unpaired) electrons. The summed E-state index contributed by atoms with van der Waals surface area (Å²) < 4.78 is 2.21. The summed E-state index contributed by atoms with van der Waals surface area (Å²) in [7, 11) is 2.09. The minimum Gasteiger partial charge on any atom is -0.342 e. The van der Waals surface area contributed by atoms with Gasteiger partial charge in [0.2, 0.25) is 0 Å². The summed E-state index contributed by atoms with van der Waals surface area (Å²) in [5.41, 5.74) is 3.43. The first-order chi connectivity index (χ1) is 8.86. The minimum atomic E-state index is 1.02. The van der Waals surface area contributed by atoms with E-state index in [1.807, 2.05) is 6.20 Å². The Morgan fingerprint density at radius 3 is 2.83 bits per heavy atom.